The maximum absolute atomic E-state index is 9.61. The summed E-state index contributed by atoms with van der Waals surface area (Å²) in [6, 6.07) is 13.1. The third-order valence-electron chi connectivity index (χ3n) is 4.69. The molecule has 7 heteroatoms. The lowest BCUT2D eigenvalue weighted by molar-refractivity contribution is 0.415. The molecule has 2 aromatic rings. The molecule has 6 nitrogen and oxygen atoms in total. The number of aromatic hydroxyl groups is 1. The highest BCUT2D eigenvalue weighted by atomic mass is 35.5. The number of guanidine groups is 1. The Bertz CT molecular complexity index is 828. The molecular weight excluding hydrogens is 376 g/mol. The number of phenols is 1. The van der Waals surface area contributed by atoms with Crippen LogP contribution >= 0.6 is 11.6 Å². The van der Waals surface area contributed by atoms with Gasteiger partial charge in [-0.1, -0.05) is 23.7 Å². The van der Waals surface area contributed by atoms with Crippen molar-refractivity contribution in [1.29, 1.82) is 0 Å². The maximum Gasteiger partial charge on any atom is 0.191 e. The fraction of sp³-hybridized carbons (Fsp3) is 0.381. The number of phenolic OH excluding ortho intramolecular Hbond substituents is 1. The Hall–Kier alpha value is -2.60. The lowest BCUT2D eigenvalue weighted by atomic mass is 10.2. The summed E-state index contributed by atoms with van der Waals surface area (Å²) >= 11 is 6.18. The van der Waals surface area contributed by atoms with E-state index in [0.717, 1.165) is 49.0 Å². The minimum Gasteiger partial charge on any atom is -0.508 e. The van der Waals surface area contributed by atoms with E-state index in [1.54, 1.807) is 19.2 Å². The van der Waals surface area contributed by atoms with Gasteiger partial charge in [0.05, 0.1) is 19.3 Å². The fourth-order valence-electron chi connectivity index (χ4n) is 3.35. The number of benzene rings is 2. The highest BCUT2D eigenvalue weighted by Crippen LogP contribution is 2.33. The summed E-state index contributed by atoms with van der Waals surface area (Å²) in [6.45, 7) is 5.09. The van der Waals surface area contributed by atoms with Gasteiger partial charge in [-0.2, -0.15) is 0 Å². The Morgan fingerprint density at radius 3 is 2.93 bits per heavy atom. The molecule has 1 fully saturated rings. The highest BCUT2D eigenvalue weighted by Gasteiger charge is 2.25. The van der Waals surface area contributed by atoms with Crippen molar-refractivity contribution in [3.63, 3.8) is 0 Å². The van der Waals surface area contributed by atoms with Crippen LogP contribution in [0.1, 0.15) is 18.9 Å². The standard InChI is InChI=1S/C21H27ClN4O2/c1-3-23-21(24-13-15-5-4-6-18(27)11-15)25-17-9-10-26(14-17)19-12-16(22)7-8-20(19)28-2/h4-8,11-12,17,27H,3,9-10,13-14H2,1-2H3,(H2,23,24,25). The molecule has 0 amide bonds. The van der Waals surface area contributed by atoms with Crippen molar-refractivity contribution >= 4 is 23.2 Å². The van der Waals surface area contributed by atoms with Gasteiger partial charge in [0.15, 0.2) is 5.96 Å². The number of rotatable bonds is 6. The first kappa shape index (κ1) is 20.1. The Labute approximate surface area is 171 Å². The third-order valence-corrected chi connectivity index (χ3v) is 4.92. The number of nitrogens with one attached hydrogen (secondary N) is 2. The molecule has 1 unspecified atom stereocenters. The second kappa shape index (κ2) is 9.55. The molecule has 150 valence electrons. The summed E-state index contributed by atoms with van der Waals surface area (Å²) in [4.78, 5) is 6.93. The van der Waals surface area contributed by atoms with Crippen molar-refractivity contribution in [2.24, 2.45) is 4.99 Å². The zero-order chi connectivity index (χ0) is 19.9. The van der Waals surface area contributed by atoms with Gasteiger partial charge in [0, 0.05) is 30.7 Å². The van der Waals surface area contributed by atoms with Crippen molar-refractivity contribution in [1.82, 2.24) is 10.6 Å². The Balaban J connectivity index is 1.65. The average molecular weight is 403 g/mol. The van der Waals surface area contributed by atoms with Crippen molar-refractivity contribution in [2.75, 3.05) is 31.6 Å². The van der Waals surface area contributed by atoms with E-state index in [-0.39, 0.29) is 11.8 Å². The molecule has 28 heavy (non-hydrogen) atoms. The lowest BCUT2D eigenvalue weighted by Crippen LogP contribution is -2.44. The van der Waals surface area contributed by atoms with Crippen LogP contribution in [-0.4, -0.2) is 43.9 Å². The van der Waals surface area contributed by atoms with Crippen LogP contribution in [0.15, 0.2) is 47.5 Å². The van der Waals surface area contributed by atoms with E-state index in [2.05, 4.69) is 20.5 Å². The molecule has 1 heterocycles. The van der Waals surface area contributed by atoms with Crippen LogP contribution in [-0.2, 0) is 6.54 Å². The maximum atomic E-state index is 9.61. The van der Waals surface area contributed by atoms with Crippen LogP contribution in [0, 0.1) is 0 Å². The van der Waals surface area contributed by atoms with Crippen molar-refractivity contribution in [3.05, 3.63) is 53.1 Å². The van der Waals surface area contributed by atoms with Crippen molar-refractivity contribution in [3.8, 4) is 11.5 Å². The number of hydrogen-bond donors (Lipinski definition) is 3. The molecule has 2 aromatic carbocycles. The van der Waals surface area contributed by atoms with E-state index in [0.29, 0.717) is 11.6 Å². The Morgan fingerprint density at radius 1 is 1.32 bits per heavy atom. The van der Waals surface area contributed by atoms with Gasteiger partial charge in [0.2, 0.25) is 0 Å². The van der Waals surface area contributed by atoms with E-state index in [1.807, 2.05) is 37.3 Å². The Kier molecular flexibility index (Phi) is 6.87. The summed E-state index contributed by atoms with van der Waals surface area (Å²) in [6.07, 6.45) is 0.992. The third kappa shape index (κ3) is 5.23. The molecule has 3 rings (SSSR count). The number of anilines is 1. The van der Waals surface area contributed by atoms with E-state index in [1.165, 1.54) is 0 Å². The molecule has 1 aliphatic heterocycles. The number of ether oxygens (including phenoxy) is 1. The first-order valence-electron chi connectivity index (χ1n) is 9.50. The van der Waals surface area contributed by atoms with Crippen molar-refractivity contribution < 1.29 is 9.84 Å². The SMILES string of the molecule is CCNC(=NCc1cccc(O)c1)NC1CCN(c2cc(Cl)ccc2OC)C1. The van der Waals surface area contributed by atoms with Crippen molar-refractivity contribution in [2.45, 2.75) is 25.9 Å². The van der Waals surface area contributed by atoms with E-state index in [9.17, 15) is 5.11 Å². The lowest BCUT2D eigenvalue weighted by Gasteiger charge is -2.22. The number of halogens is 1. The monoisotopic (exact) mass is 402 g/mol. The van der Waals surface area contributed by atoms with Crippen LogP contribution in [0.25, 0.3) is 0 Å². The molecule has 1 aliphatic rings. The molecule has 0 aliphatic carbocycles. The zero-order valence-corrected chi connectivity index (χ0v) is 17.0. The predicted octanol–water partition coefficient (Wildman–Crippen LogP) is 3.39. The molecule has 0 bridgehead atoms. The number of hydrogen-bond acceptors (Lipinski definition) is 4. The Morgan fingerprint density at radius 2 is 2.18 bits per heavy atom. The average Bonchev–Trinajstić information content (AvgIpc) is 3.15. The van der Waals surface area contributed by atoms with E-state index < -0.39 is 0 Å². The number of aliphatic imine (C=N–C) groups is 1. The summed E-state index contributed by atoms with van der Waals surface area (Å²) in [5.74, 6) is 1.86. The van der Waals surface area contributed by atoms with Gasteiger partial charge < -0.3 is 25.4 Å². The second-order valence-corrected chi connectivity index (χ2v) is 7.19. The minimum absolute atomic E-state index is 0.257. The van der Waals surface area contributed by atoms with Crippen LogP contribution in [0.5, 0.6) is 11.5 Å². The zero-order valence-electron chi connectivity index (χ0n) is 16.3. The summed E-state index contributed by atoms with van der Waals surface area (Å²) in [7, 11) is 1.68. The van der Waals surface area contributed by atoms with Gasteiger partial charge in [0.25, 0.3) is 0 Å². The topological polar surface area (TPSA) is 69.1 Å². The minimum atomic E-state index is 0.257. The van der Waals surface area contributed by atoms with Gasteiger partial charge >= 0.3 is 0 Å². The number of nitrogens with zero attached hydrogens (tertiary/aromatic N) is 2. The first-order valence-corrected chi connectivity index (χ1v) is 9.88. The molecule has 0 saturated carbocycles. The molecule has 1 saturated heterocycles. The predicted molar refractivity (Wildman–Crippen MR) is 115 cm³/mol. The van der Waals surface area contributed by atoms with Crippen LogP contribution in [0.4, 0.5) is 5.69 Å². The smallest absolute Gasteiger partial charge is 0.191 e. The largest absolute Gasteiger partial charge is 0.508 e. The highest BCUT2D eigenvalue weighted by molar-refractivity contribution is 6.30. The molecular formula is C21H27ClN4O2. The molecule has 0 aromatic heterocycles. The number of methoxy groups -OCH3 is 1. The molecule has 0 spiro atoms. The second-order valence-electron chi connectivity index (χ2n) is 6.76. The van der Waals surface area contributed by atoms with E-state index in [4.69, 9.17) is 16.3 Å². The van der Waals surface area contributed by atoms with Crippen LogP contribution in [0.2, 0.25) is 5.02 Å². The molecule has 3 N–H and O–H groups in total. The first-order chi connectivity index (χ1) is 13.6. The molecule has 1 atom stereocenters. The fourth-order valence-corrected chi connectivity index (χ4v) is 3.51. The van der Waals surface area contributed by atoms with Crippen LogP contribution < -0.4 is 20.3 Å². The van der Waals surface area contributed by atoms with Gasteiger partial charge in [-0.3, -0.25) is 0 Å². The normalized spacial score (nSPS) is 16.9. The van der Waals surface area contributed by atoms with Gasteiger partial charge in [0.1, 0.15) is 11.5 Å². The summed E-state index contributed by atoms with van der Waals surface area (Å²) < 4.78 is 5.49. The van der Waals surface area contributed by atoms with Gasteiger partial charge in [-0.15, -0.1) is 0 Å². The summed E-state index contributed by atoms with van der Waals surface area (Å²) in [5, 5.41) is 17.1. The quantitative estimate of drug-likeness (QED) is 0.510. The summed E-state index contributed by atoms with van der Waals surface area (Å²) in [5.41, 5.74) is 1.98. The molecule has 0 radical (unpaired) electrons. The van der Waals surface area contributed by atoms with Crippen LogP contribution in [0.3, 0.4) is 0 Å². The van der Waals surface area contributed by atoms with Gasteiger partial charge in [-0.05, 0) is 49.2 Å². The van der Waals surface area contributed by atoms with Gasteiger partial charge in [-0.25, -0.2) is 4.99 Å². The van der Waals surface area contributed by atoms with E-state index >= 15 is 0 Å².